The number of nitrogens with one attached hydrogen (secondary N) is 1. The number of hydrogen-bond acceptors (Lipinski definition) is 4. The number of aliphatic carboxylic acids is 1. The maximum atomic E-state index is 12.1. The third-order valence-electron chi connectivity index (χ3n) is 2.79. The lowest BCUT2D eigenvalue weighted by atomic mass is 9.87. The molecular formula is C15H23NO4S. The molecule has 0 aliphatic rings. The molecule has 1 amide bonds. The molecule has 5 nitrogen and oxygen atoms in total. The minimum Gasteiger partial charge on any atom is -0.481 e. The van der Waals surface area contributed by atoms with Crippen LogP contribution in [0.3, 0.4) is 0 Å². The molecule has 0 saturated heterocycles. The Morgan fingerprint density at radius 1 is 1.38 bits per heavy atom. The standard InChI is InChI=1S/C15H23NO4S/c1-15(2,3)8-10(7-13(17)18)16-14(19)12-6-5-11(20-12)9-21-4/h5-6,10H,7-9H2,1-4H3,(H,16,19)(H,17,18). The van der Waals surface area contributed by atoms with Crippen LogP contribution in [0.25, 0.3) is 0 Å². The summed E-state index contributed by atoms with van der Waals surface area (Å²) >= 11 is 1.61. The summed E-state index contributed by atoms with van der Waals surface area (Å²) in [6.45, 7) is 6.03. The quantitative estimate of drug-likeness (QED) is 0.808. The largest absolute Gasteiger partial charge is 0.481 e. The molecule has 1 atom stereocenters. The van der Waals surface area contributed by atoms with Gasteiger partial charge in [-0.2, -0.15) is 11.8 Å². The molecule has 1 heterocycles. The molecule has 1 aromatic rings. The van der Waals surface area contributed by atoms with Gasteiger partial charge in [0.1, 0.15) is 5.76 Å². The summed E-state index contributed by atoms with van der Waals surface area (Å²) in [7, 11) is 0. The van der Waals surface area contributed by atoms with Crippen molar-refractivity contribution < 1.29 is 19.1 Å². The Morgan fingerprint density at radius 2 is 2.05 bits per heavy atom. The van der Waals surface area contributed by atoms with Gasteiger partial charge in [0.05, 0.1) is 12.2 Å². The lowest BCUT2D eigenvalue weighted by molar-refractivity contribution is -0.137. The number of carbonyl (C=O) groups excluding carboxylic acids is 1. The van der Waals surface area contributed by atoms with E-state index in [2.05, 4.69) is 5.32 Å². The van der Waals surface area contributed by atoms with E-state index in [9.17, 15) is 9.59 Å². The fourth-order valence-electron chi connectivity index (χ4n) is 2.10. The van der Waals surface area contributed by atoms with Crippen LogP contribution in [0.2, 0.25) is 0 Å². The first-order valence-corrected chi connectivity index (χ1v) is 8.21. The second-order valence-corrected chi connectivity index (χ2v) is 7.10. The number of hydrogen-bond donors (Lipinski definition) is 2. The second-order valence-electron chi connectivity index (χ2n) is 6.23. The topological polar surface area (TPSA) is 79.5 Å². The van der Waals surface area contributed by atoms with Crippen LogP contribution in [0, 0.1) is 5.41 Å². The zero-order valence-electron chi connectivity index (χ0n) is 12.9. The van der Waals surface area contributed by atoms with Crippen molar-refractivity contribution >= 4 is 23.6 Å². The van der Waals surface area contributed by atoms with Crippen molar-refractivity contribution in [2.24, 2.45) is 5.41 Å². The Hall–Kier alpha value is -1.43. The maximum absolute atomic E-state index is 12.1. The number of amides is 1. The predicted molar refractivity (Wildman–Crippen MR) is 83.5 cm³/mol. The van der Waals surface area contributed by atoms with Gasteiger partial charge in [0, 0.05) is 6.04 Å². The number of carboxylic acids is 1. The molecule has 0 saturated carbocycles. The van der Waals surface area contributed by atoms with Crippen molar-refractivity contribution in [3.8, 4) is 0 Å². The van der Waals surface area contributed by atoms with Crippen molar-refractivity contribution in [1.29, 1.82) is 0 Å². The van der Waals surface area contributed by atoms with Gasteiger partial charge >= 0.3 is 5.97 Å². The molecule has 1 aromatic heterocycles. The predicted octanol–water partition coefficient (Wildman–Crippen LogP) is 3.15. The minimum absolute atomic E-state index is 0.0689. The summed E-state index contributed by atoms with van der Waals surface area (Å²) in [5.41, 5.74) is -0.0689. The van der Waals surface area contributed by atoms with Crippen LogP contribution in [-0.2, 0) is 10.5 Å². The molecule has 2 N–H and O–H groups in total. The molecule has 21 heavy (non-hydrogen) atoms. The zero-order chi connectivity index (χ0) is 16.0. The van der Waals surface area contributed by atoms with Crippen LogP contribution in [0.15, 0.2) is 16.5 Å². The molecule has 118 valence electrons. The number of rotatable bonds is 7. The SMILES string of the molecule is CSCc1ccc(C(=O)NC(CC(=O)O)CC(C)(C)C)o1. The first-order valence-electron chi connectivity index (χ1n) is 6.81. The van der Waals surface area contributed by atoms with Gasteiger partial charge in [-0.15, -0.1) is 0 Å². The highest BCUT2D eigenvalue weighted by Gasteiger charge is 2.24. The number of furan rings is 1. The Bertz CT molecular complexity index is 490. The first-order chi connectivity index (χ1) is 9.71. The Morgan fingerprint density at radius 3 is 2.57 bits per heavy atom. The maximum Gasteiger partial charge on any atom is 0.305 e. The highest BCUT2D eigenvalue weighted by molar-refractivity contribution is 7.97. The average molecular weight is 313 g/mol. The summed E-state index contributed by atoms with van der Waals surface area (Å²) in [5.74, 6) is 0.375. The molecule has 1 unspecified atom stereocenters. The highest BCUT2D eigenvalue weighted by Crippen LogP contribution is 2.22. The molecular weight excluding hydrogens is 290 g/mol. The van der Waals surface area contributed by atoms with Crippen molar-refractivity contribution in [3.05, 3.63) is 23.7 Å². The third kappa shape index (κ3) is 6.71. The molecule has 0 spiro atoms. The summed E-state index contributed by atoms with van der Waals surface area (Å²) in [4.78, 5) is 23.1. The molecule has 0 radical (unpaired) electrons. The number of thioether (sulfide) groups is 1. The summed E-state index contributed by atoms with van der Waals surface area (Å²) < 4.78 is 5.44. The monoisotopic (exact) mass is 313 g/mol. The highest BCUT2D eigenvalue weighted by atomic mass is 32.2. The lowest BCUT2D eigenvalue weighted by Gasteiger charge is -2.25. The molecule has 6 heteroatoms. The fourth-order valence-corrected chi connectivity index (χ4v) is 2.54. The van der Waals surface area contributed by atoms with E-state index in [-0.39, 0.29) is 23.5 Å². The van der Waals surface area contributed by atoms with E-state index in [1.54, 1.807) is 23.9 Å². The van der Waals surface area contributed by atoms with E-state index >= 15 is 0 Å². The molecule has 0 aliphatic carbocycles. The molecule has 1 rings (SSSR count). The van der Waals surface area contributed by atoms with E-state index in [1.807, 2.05) is 27.0 Å². The van der Waals surface area contributed by atoms with E-state index < -0.39 is 12.0 Å². The van der Waals surface area contributed by atoms with E-state index in [0.717, 1.165) is 5.76 Å². The van der Waals surface area contributed by atoms with Gasteiger partial charge in [0.25, 0.3) is 5.91 Å². The van der Waals surface area contributed by atoms with Gasteiger partial charge in [0.15, 0.2) is 5.76 Å². The van der Waals surface area contributed by atoms with Crippen LogP contribution in [0.4, 0.5) is 0 Å². The molecule has 0 aromatic carbocycles. The van der Waals surface area contributed by atoms with Gasteiger partial charge in [-0.3, -0.25) is 9.59 Å². The summed E-state index contributed by atoms with van der Waals surface area (Å²) in [6, 6.07) is 2.97. The first kappa shape index (κ1) is 17.6. The smallest absolute Gasteiger partial charge is 0.305 e. The van der Waals surface area contributed by atoms with E-state index in [1.165, 1.54) is 0 Å². The minimum atomic E-state index is -0.924. The third-order valence-corrected chi connectivity index (χ3v) is 3.36. The second kappa shape index (κ2) is 7.54. The van der Waals surface area contributed by atoms with Crippen LogP contribution in [-0.4, -0.2) is 29.3 Å². The van der Waals surface area contributed by atoms with E-state index in [0.29, 0.717) is 12.2 Å². The van der Waals surface area contributed by atoms with Crippen LogP contribution in [0.5, 0.6) is 0 Å². The van der Waals surface area contributed by atoms with Crippen molar-refractivity contribution in [2.75, 3.05) is 6.26 Å². The van der Waals surface area contributed by atoms with Gasteiger partial charge in [0.2, 0.25) is 0 Å². The van der Waals surface area contributed by atoms with Crippen molar-refractivity contribution in [2.45, 2.75) is 45.4 Å². The van der Waals surface area contributed by atoms with Gasteiger partial charge in [-0.1, -0.05) is 20.8 Å². The molecule has 0 fully saturated rings. The zero-order valence-corrected chi connectivity index (χ0v) is 13.8. The Balaban J connectivity index is 2.71. The van der Waals surface area contributed by atoms with Crippen molar-refractivity contribution in [1.82, 2.24) is 5.32 Å². The van der Waals surface area contributed by atoms with Gasteiger partial charge < -0.3 is 14.8 Å². The van der Waals surface area contributed by atoms with Gasteiger partial charge in [-0.25, -0.2) is 0 Å². The summed E-state index contributed by atoms with van der Waals surface area (Å²) in [6.07, 6.45) is 2.44. The fraction of sp³-hybridized carbons (Fsp3) is 0.600. The number of carboxylic acid groups (broad SMARTS) is 1. The van der Waals surface area contributed by atoms with Crippen LogP contribution in [0.1, 0.15) is 49.9 Å². The average Bonchev–Trinajstić information content (AvgIpc) is 2.74. The lowest BCUT2D eigenvalue weighted by Crippen LogP contribution is -2.38. The van der Waals surface area contributed by atoms with Gasteiger partial charge in [-0.05, 0) is 30.2 Å². The molecule has 0 bridgehead atoms. The van der Waals surface area contributed by atoms with Crippen molar-refractivity contribution in [3.63, 3.8) is 0 Å². The van der Waals surface area contributed by atoms with Crippen LogP contribution < -0.4 is 5.32 Å². The number of carbonyl (C=O) groups is 2. The normalized spacial score (nSPS) is 13.0. The van der Waals surface area contributed by atoms with E-state index in [4.69, 9.17) is 9.52 Å². The summed E-state index contributed by atoms with van der Waals surface area (Å²) in [5, 5.41) is 11.7. The Labute approximate surface area is 129 Å². The van der Waals surface area contributed by atoms with Crippen LogP contribution >= 0.6 is 11.8 Å². The Kier molecular flexibility index (Phi) is 6.33. The molecule has 0 aliphatic heterocycles.